The van der Waals surface area contributed by atoms with Crippen LogP contribution in [0.2, 0.25) is 5.02 Å². The van der Waals surface area contributed by atoms with Gasteiger partial charge in [0.15, 0.2) is 5.41 Å². The van der Waals surface area contributed by atoms with E-state index < -0.39 is 17.4 Å². The molecule has 2 N–H and O–H groups in total. The first-order chi connectivity index (χ1) is 11.6. The summed E-state index contributed by atoms with van der Waals surface area (Å²) in [4.78, 5) is 0. The molecule has 0 saturated carbocycles. The third-order valence-corrected chi connectivity index (χ3v) is 5.28. The van der Waals surface area contributed by atoms with Gasteiger partial charge in [-0.25, -0.2) is 0 Å². The Morgan fingerprint density at radius 2 is 1.96 bits per heavy atom. The molecule has 0 bridgehead atoms. The lowest BCUT2D eigenvalue weighted by Crippen LogP contribution is -2.51. The standard InChI is InChI=1S/C19H15ClN4/c20-13-5-3-4-12(8-13)17-15-7-2-1-6-14(15)16(9-21)18(24)19(17,10-22)11-23/h1,3-6,8,15,17-18H,2,7,24H2/t15-,17+,18-/m0/s1. The third-order valence-electron chi connectivity index (χ3n) is 5.04. The minimum atomic E-state index is -1.49. The van der Waals surface area contributed by atoms with E-state index in [2.05, 4.69) is 18.2 Å². The number of nitriles is 3. The molecule has 2 aliphatic carbocycles. The second-order valence-electron chi connectivity index (χ2n) is 6.17. The van der Waals surface area contributed by atoms with Gasteiger partial charge in [-0.15, -0.1) is 0 Å². The molecule has 0 heterocycles. The van der Waals surface area contributed by atoms with Crippen LogP contribution in [0.5, 0.6) is 0 Å². The Labute approximate surface area is 146 Å². The van der Waals surface area contributed by atoms with E-state index in [0.717, 1.165) is 24.0 Å². The van der Waals surface area contributed by atoms with Gasteiger partial charge in [0.05, 0.1) is 29.8 Å². The number of hydrogen-bond donors (Lipinski definition) is 1. The Kier molecular flexibility index (Phi) is 4.16. The van der Waals surface area contributed by atoms with Crippen LogP contribution < -0.4 is 5.73 Å². The lowest BCUT2D eigenvalue weighted by molar-refractivity contribution is 0.261. The molecule has 0 aliphatic heterocycles. The van der Waals surface area contributed by atoms with Gasteiger partial charge in [0.25, 0.3) is 0 Å². The normalized spacial score (nSPS) is 27.5. The maximum Gasteiger partial charge on any atom is 0.170 e. The van der Waals surface area contributed by atoms with E-state index >= 15 is 0 Å². The van der Waals surface area contributed by atoms with E-state index in [1.165, 1.54) is 0 Å². The number of benzene rings is 1. The minimum absolute atomic E-state index is 0.0952. The molecule has 3 rings (SSSR count). The first-order valence-corrected chi connectivity index (χ1v) is 8.11. The van der Waals surface area contributed by atoms with Gasteiger partial charge in [0.1, 0.15) is 0 Å². The van der Waals surface area contributed by atoms with Crippen molar-refractivity contribution >= 4 is 11.6 Å². The molecule has 24 heavy (non-hydrogen) atoms. The van der Waals surface area contributed by atoms with Crippen molar-refractivity contribution < 1.29 is 0 Å². The molecule has 5 heteroatoms. The molecule has 4 nitrogen and oxygen atoms in total. The third kappa shape index (κ3) is 2.22. The summed E-state index contributed by atoms with van der Waals surface area (Å²) in [7, 11) is 0. The summed E-state index contributed by atoms with van der Waals surface area (Å²) in [6.07, 6.45) is 5.54. The quantitative estimate of drug-likeness (QED) is 0.848. The zero-order chi connectivity index (χ0) is 17.3. The van der Waals surface area contributed by atoms with E-state index in [4.69, 9.17) is 17.3 Å². The molecule has 0 aromatic heterocycles. The lowest BCUT2D eigenvalue weighted by atomic mass is 9.55. The van der Waals surface area contributed by atoms with Crippen LogP contribution in [0.3, 0.4) is 0 Å². The smallest absolute Gasteiger partial charge is 0.170 e. The molecule has 0 radical (unpaired) electrons. The molecule has 0 amide bonds. The number of nitrogens with zero attached hydrogens (tertiary/aromatic N) is 3. The van der Waals surface area contributed by atoms with E-state index in [-0.39, 0.29) is 5.92 Å². The molecule has 0 spiro atoms. The van der Waals surface area contributed by atoms with Crippen molar-refractivity contribution in [3.63, 3.8) is 0 Å². The number of fused-ring (bicyclic) bond motifs is 1. The summed E-state index contributed by atoms with van der Waals surface area (Å²) in [5, 5.41) is 29.9. The highest BCUT2D eigenvalue weighted by Crippen LogP contribution is 2.54. The maximum absolute atomic E-state index is 9.88. The number of hydrogen-bond acceptors (Lipinski definition) is 4. The van der Waals surface area contributed by atoms with Crippen LogP contribution in [0.15, 0.2) is 47.6 Å². The molecular formula is C19H15ClN4. The highest BCUT2D eigenvalue weighted by Gasteiger charge is 2.55. The maximum atomic E-state index is 9.88. The van der Waals surface area contributed by atoms with Crippen molar-refractivity contribution in [3.8, 4) is 18.2 Å². The zero-order valence-corrected chi connectivity index (χ0v) is 13.7. The fraction of sp³-hybridized carbons (Fsp3) is 0.316. The average molecular weight is 335 g/mol. The van der Waals surface area contributed by atoms with E-state index in [1.54, 1.807) is 12.1 Å². The molecule has 1 aromatic rings. The van der Waals surface area contributed by atoms with Crippen molar-refractivity contribution in [2.75, 3.05) is 0 Å². The summed E-state index contributed by atoms with van der Waals surface area (Å²) in [6, 6.07) is 12.7. The highest BCUT2D eigenvalue weighted by molar-refractivity contribution is 6.30. The van der Waals surface area contributed by atoms with Crippen LogP contribution in [0.1, 0.15) is 24.3 Å². The van der Waals surface area contributed by atoms with Crippen molar-refractivity contribution in [1.82, 2.24) is 0 Å². The first-order valence-electron chi connectivity index (χ1n) is 7.73. The van der Waals surface area contributed by atoms with E-state index in [9.17, 15) is 15.8 Å². The van der Waals surface area contributed by atoms with E-state index in [0.29, 0.717) is 10.6 Å². The summed E-state index contributed by atoms with van der Waals surface area (Å²) < 4.78 is 0. The lowest BCUT2D eigenvalue weighted by Gasteiger charge is -2.45. The van der Waals surface area contributed by atoms with Crippen molar-refractivity contribution in [1.29, 1.82) is 15.8 Å². The Morgan fingerprint density at radius 1 is 1.21 bits per heavy atom. The molecule has 2 aliphatic rings. The van der Waals surface area contributed by atoms with Crippen LogP contribution in [0.4, 0.5) is 0 Å². The van der Waals surface area contributed by atoms with Gasteiger partial charge in [0, 0.05) is 10.9 Å². The Bertz CT molecular complexity index is 849. The molecule has 3 atom stereocenters. The predicted octanol–water partition coefficient (Wildman–Crippen LogP) is 3.58. The summed E-state index contributed by atoms with van der Waals surface area (Å²) in [5.41, 5.74) is 6.79. The SMILES string of the molecule is N#CC1=C2C=CCC[C@@H]2[C@@H](c2cccc(Cl)c2)C(C#N)(C#N)[C@H]1N. The summed E-state index contributed by atoms with van der Waals surface area (Å²) >= 11 is 6.14. The largest absolute Gasteiger partial charge is 0.321 e. The van der Waals surface area contributed by atoms with Crippen molar-refractivity contribution in [2.45, 2.75) is 24.8 Å². The van der Waals surface area contributed by atoms with Gasteiger partial charge in [-0.2, -0.15) is 15.8 Å². The topological polar surface area (TPSA) is 97.4 Å². The van der Waals surface area contributed by atoms with E-state index in [1.807, 2.05) is 24.3 Å². The molecule has 0 fully saturated rings. The Morgan fingerprint density at radius 3 is 2.58 bits per heavy atom. The molecular weight excluding hydrogens is 320 g/mol. The zero-order valence-electron chi connectivity index (χ0n) is 12.9. The summed E-state index contributed by atoms with van der Waals surface area (Å²) in [5.74, 6) is -0.513. The second kappa shape index (κ2) is 6.14. The van der Waals surface area contributed by atoms with Crippen LogP contribution in [0.25, 0.3) is 0 Å². The number of nitrogens with two attached hydrogens (primary N) is 1. The van der Waals surface area contributed by atoms with Gasteiger partial charge < -0.3 is 5.73 Å². The molecule has 0 unspecified atom stereocenters. The van der Waals surface area contributed by atoms with Gasteiger partial charge >= 0.3 is 0 Å². The number of rotatable bonds is 1. The summed E-state index contributed by atoms with van der Waals surface area (Å²) in [6.45, 7) is 0. The number of halogens is 1. The van der Waals surface area contributed by atoms with Crippen LogP contribution >= 0.6 is 11.6 Å². The molecule has 0 saturated heterocycles. The second-order valence-corrected chi connectivity index (χ2v) is 6.61. The molecule has 1 aromatic carbocycles. The van der Waals surface area contributed by atoms with Gasteiger partial charge in [0.2, 0.25) is 0 Å². The van der Waals surface area contributed by atoms with Gasteiger partial charge in [-0.1, -0.05) is 35.9 Å². The fourth-order valence-corrected chi connectivity index (χ4v) is 4.15. The molecule has 118 valence electrons. The van der Waals surface area contributed by atoms with Gasteiger partial charge in [-0.3, -0.25) is 0 Å². The highest BCUT2D eigenvalue weighted by atomic mass is 35.5. The number of allylic oxidation sites excluding steroid dienone is 3. The van der Waals surface area contributed by atoms with Crippen LogP contribution in [-0.2, 0) is 0 Å². The first kappa shape index (κ1) is 16.3. The monoisotopic (exact) mass is 334 g/mol. The Balaban J connectivity index is 2.31. The predicted molar refractivity (Wildman–Crippen MR) is 90.3 cm³/mol. The Hall–Kier alpha value is -2.58. The minimum Gasteiger partial charge on any atom is -0.321 e. The van der Waals surface area contributed by atoms with Gasteiger partial charge in [-0.05, 0) is 42.0 Å². The van der Waals surface area contributed by atoms with Crippen molar-refractivity contribution in [2.24, 2.45) is 17.1 Å². The van der Waals surface area contributed by atoms with Crippen LogP contribution in [0, 0.1) is 45.3 Å². The van der Waals surface area contributed by atoms with Crippen molar-refractivity contribution in [3.05, 3.63) is 58.1 Å². The van der Waals surface area contributed by atoms with Crippen LogP contribution in [-0.4, -0.2) is 6.04 Å². The fourth-order valence-electron chi connectivity index (χ4n) is 3.95. The average Bonchev–Trinajstić information content (AvgIpc) is 2.61.